The van der Waals surface area contributed by atoms with Crippen LogP contribution < -0.4 is 21.3 Å². The highest BCUT2D eigenvalue weighted by Gasteiger charge is 2.35. The Labute approximate surface area is 368 Å². The molecule has 8 fully saturated rings. The molecule has 24 nitrogen and oxygen atoms in total. The fraction of sp³-hybridized carbons (Fsp3) is 0.800. The smallest absolute Gasteiger partial charge is 0.414 e. The van der Waals surface area contributed by atoms with Crippen LogP contribution in [0.1, 0.15) is 77.0 Å². The monoisotopic (exact) mass is 920 g/mol. The van der Waals surface area contributed by atoms with Crippen molar-refractivity contribution < 1.29 is 98.2 Å². The first kappa shape index (κ1) is 53.8. The Morgan fingerprint density at radius 3 is 0.547 bits per heavy atom. The van der Waals surface area contributed by atoms with Crippen LogP contribution >= 0.6 is 0 Å². The number of carboxylic acid groups (broad SMARTS) is 8. The molecule has 0 saturated carbocycles. The van der Waals surface area contributed by atoms with Gasteiger partial charge in [0.1, 0.15) is 0 Å². The highest BCUT2D eigenvalue weighted by molar-refractivity contribution is 6.27. The minimum Gasteiger partial charge on any atom is -0.481 e. The first-order valence-electron chi connectivity index (χ1n) is 21.4. The fourth-order valence-corrected chi connectivity index (χ4v) is 9.48. The van der Waals surface area contributed by atoms with Crippen LogP contribution in [0.25, 0.3) is 0 Å². The van der Waals surface area contributed by atoms with Crippen molar-refractivity contribution in [2.24, 2.45) is 23.7 Å². The van der Waals surface area contributed by atoms with E-state index >= 15 is 0 Å². The molecule has 24 heteroatoms. The van der Waals surface area contributed by atoms with E-state index in [1.54, 1.807) is 0 Å². The number of carboxylic acids is 8. The maximum atomic E-state index is 10.5. The Morgan fingerprint density at radius 1 is 0.297 bits per heavy atom. The molecule has 0 aliphatic carbocycles. The van der Waals surface area contributed by atoms with Gasteiger partial charge < -0.3 is 81.1 Å². The number of fused-ring (bicyclic) bond motifs is 8. The minimum atomic E-state index is -1.82. The molecule has 364 valence electrons. The molecule has 12 atom stereocenters. The molecule has 0 aromatic carbocycles. The van der Waals surface area contributed by atoms with Gasteiger partial charge in [-0.15, -0.1) is 0 Å². The molecule has 0 spiro atoms. The zero-order valence-corrected chi connectivity index (χ0v) is 35.5. The summed E-state index contributed by atoms with van der Waals surface area (Å²) in [6, 6.07) is 3.09. The second kappa shape index (κ2) is 27.7. The third kappa shape index (κ3) is 21.9. The zero-order valence-electron chi connectivity index (χ0n) is 35.5. The largest absolute Gasteiger partial charge is 0.481 e. The SMILES string of the molecule is O=C(O)C(=O)O.O=C(O)C(=O)O.O=C(O)CC1C[C@H]2COC[C@@H](C1)N2.O=C(O)CC1C[C@H]2COC[C@@H](C1)N2.O=C(O)CC1C[C@H]2COC[C@@H](C1)N2.O=C(O)CC1C[C@H]2COC[C@@H](C1)N2. The summed E-state index contributed by atoms with van der Waals surface area (Å²) in [6.45, 7) is 5.94. The quantitative estimate of drug-likeness (QED) is 0.133. The van der Waals surface area contributed by atoms with Crippen LogP contribution in [-0.4, -0.2) is 190 Å². The number of piperidine rings is 4. The molecule has 8 saturated heterocycles. The van der Waals surface area contributed by atoms with Gasteiger partial charge in [0.2, 0.25) is 0 Å². The van der Waals surface area contributed by atoms with E-state index < -0.39 is 47.8 Å². The van der Waals surface area contributed by atoms with E-state index in [4.69, 9.17) is 79.0 Å². The van der Waals surface area contributed by atoms with Crippen LogP contribution in [0.5, 0.6) is 0 Å². The summed E-state index contributed by atoms with van der Waals surface area (Å²) in [4.78, 5) is 78.5. The van der Waals surface area contributed by atoms with Crippen molar-refractivity contribution >= 4 is 47.8 Å². The molecule has 8 rings (SSSR count). The molecule has 0 radical (unpaired) electrons. The molecule has 12 N–H and O–H groups in total. The van der Waals surface area contributed by atoms with E-state index in [2.05, 4.69) is 21.3 Å². The average Bonchev–Trinajstić information content (AvgIpc) is 3.18. The lowest BCUT2D eigenvalue weighted by Gasteiger charge is -2.39. The third-order valence-electron chi connectivity index (χ3n) is 11.6. The van der Waals surface area contributed by atoms with Crippen LogP contribution in [0.3, 0.4) is 0 Å². The Hall–Kier alpha value is -4.56. The number of rotatable bonds is 8. The van der Waals surface area contributed by atoms with Crippen LogP contribution in [0, 0.1) is 23.7 Å². The summed E-state index contributed by atoms with van der Waals surface area (Å²) in [7, 11) is 0. The predicted molar refractivity (Wildman–Crippen MR) is 217 cm³/mol. The van der Waals surface area contributed by atoms with Gasteiger partial charge in [-0.1, -0.05) is 0 Å². The van der Waals surface area contributed by atoms with Gasteiger partial charge in [0.25, 0.3) is 0 Å². The summed E-state index contributed by atoms with van der Waals surface area (Å²) in [5.74, 6) is -8.62. The van der Waals surface area contributed by atoms with E-state index in [0.29, 0.717) is 97.7 Å². The second-order valence-electron chi connectivity index (χ2n) is 17.4. The van der Waals surface area contributed by atoms with Crippen molar-refractivity contribution in [3.63, 3.8) is 0 Å². The predicted octanol–water partition coefficient (Wildman–Crippen LogP) is -0.776. The molecule has 0 aromatic rings. The minimum absolute atomic E-state index is 0.314. The van der Waals surface area contributed by atoms with Crippen molar-refractivity contribution in [3.05, 3.63) is 0 Å². The molecular weight excluding hydrogens is 856 g/mol. The molecule has 8 aliphatic heterocycles. The van der Waals surface area contributed by atoms with Gasteiger partial charge in [-0.3, -0.25) is 19.2 Å². The van der Waals surface area contributed by atoms with Crippen molar-refractivity contribution in [1.29, 1.82) is 0 Å². The van der Waals surface area contributed by atoms with Crippen molar-refractivity contribution in [1.82, 2.24) is 21.3 Å². The average molecular weight is 921 g/mol. The van der Waals surface area contributed by atoms with Crippen LogP contribution in [0.4, 0.5) is 0 Å². The van der Waals surface area contributed by atoms with E-state index in [0.717, 1.165) is 104 Å². The van der Waals surface area contributed by atoms with Gasteiger partial charge in [-0.05, 0) is 75.0 Å². The number of hydrogen-bond acceptors (Lipinski definition) is 16. The lowest BCUT2D eigenvalue weighted by atomic mass is 9.85. The summed E-state index contributed by atoms with van der Waals surface area (Å²) >= 11 is 0. The van der Waals surface area contributed by atoms with E-state index in [1.165, 1.54) is 0 Å². The van der Waals surface area contributed by atoms with E-state index in [-0.39, 0.29) is 0 Å². The number of hydrogen-bond donors (Lipinski definition) is 12. The van der Waals surface area contributed by atoms with Gasteiger partial charge >= 0.3 is 47.8 Å². The van der Waals surface area contributed by atoms with Gasteiger partial charge in [-0.2, -0.15) is 0 Å². The van der Waals surface area contributed by atoms with Crippen molar-refractivity contribution in [2.45, 2.75) is 125 Å². The molecule has 8 heterocycles. The van der Waals surface area contributed by atoms with E-state index in [1.807, 2.05) is 0 Å². The van der Waals surface area contributed by atoms with Crippen molar-refractivity contribution in [2.75, 3.05) is 52.9 Å². The van der Waals surface area contributed by atoms with Crippen LogP contribution in [-0.2, 0) is 57.3 Å². The number of morpholine rings is 4. The molecule has 4 unspecified atom stereocenters. The highest BCUT2D eigenvalue weighted by Crippen LogP contribution is 2.29. The van der Waals surface area contributed by atoms with Gasteiger partial charge in [0, 0.05) is 74.0 Å². The van der Waals surface area contributed by atoms with Crippen molar-refractivity contribution in [3.8, 4) is 0 Å². The summed E-state index contributed by atoms with van der Waals surface area (Å²) in [5.41, 5.74) is 0. The highest BCUT2D eigenvalue weighted by atomic mass is 16.5. The number of ether oxygens (including phenoxy) is 4. The summed E-state index contributed by atoms with van der Waals surface area (Å²) < 4.78 is 21.5. The second-order valence-corrected chi connectivity index (χ2v) is 17.4. The Morgan fingerprint density at radius 2 is 0.438 bits per heavy atom. The number of aliphatic carboxylic acids is 8. The molecule has 8 bridgehead atoms. The molecule has 0 amide bonds. The van der Waals surface area contributed by atoms with Crippen LogP contribution in [0.2, 0.25) is 0 Å². The van der Waals surface area contributed by atoms with E-state index in [9.17, 15) is 19.2 Å². The first-order valence-corrected chi connectivity index (χ1v) is 21.4. The first-order chi connectivity index (χ1) is 30.2. The fourth-order valence-electron chi connectivity index (χ4n) is 9.48. The molecule has 8 aliphatic rings. The Bertz CT molecular complexity index is 1300. The summed E-state index contributed by atoms with van der Waals surface area (Å²) in [6.07, 6.45) is 8.83. The topological polar surface area (TPSA) is 383 Å². The Kier molecular flexibility index (Phi) is 23.3. The lowest BCUT2D eigenvalue weighted by molar-refractivity contribution is -0.159. The Balaban J connectivity index is 0.000000210. The van der Waals surface area contributed by atoms with Gasteiger partial charge in [-0.25, -0.2) is 19.2 Å². The summed E-state index contributed by atoms with van der Waals surface area (Å²) in [5, 5.41) is 78.0. The number of nitrogens with one attached hydrogen (secondary N) is 4. The van der Waals surface area contributed by atoms with Gasteiger partial charge in [0.15, 0.2) is 0 Å². The lowest BCUT2D eigenvalue weighted by Crippen LogP contribution is -2.54. The maximum Gasteiger partial charge on any atom is 0.414 e. The zero-order chi connectivity index (χ0) is 47.3. The third-order valence-corrected chi connectivity index (χ3v) is 11.6. The molecule has 0 aromatic heterocycles. The standard InChI is InChI=1S/4C9H15NO3.2C2H2O4/c4*11-9(12)3-6-1-7-4-13-5-8(2-6)10-7;2*3-1(4)2(5)6/h4*6-8,10H,1-5H2,(H,11,12);2*(H,3,4)(H,5,6)/t4*6?,7-,8+;;. The number of carbonyl (C=O) groups is 8. The van der Waals surface area contributed by atoms with Gasteiger partial charge in [0.05, 0.1) is 52.9 Å². The normalized spacial score (nSPS) is 32.8. The molecular formula is C40H64N4O20. The maximum absolute atomic E-state index is 10.5. The van der Waals surface area contributed by atoms with Crippen LogP contribution in [0.15, 0.2) is 0 Å². The molecule has 64 heavy (non-hydrogen) atoms.